The third kappa shape index (κ3) is 6.76. The van der Waals surface area contributed by atoms with E-state index < -0.39 is 0 Å². The van der Waals surface area contributed by atoms with Crippen molar-refractivity contribution >= 4 is 0 Å². The summed E-state index contributed by atoms with van der Waals surface area (Å²) in [5.41, 5.74) is 2.15. The van der Waals surface area contributed by atoms with E-state index in [9.17, 15) is 9.50 Å². The molecular weight excluding hydrogens is 406 g/mol. The second-order valence-corrected chi connectivity index (χ2v) is 8.09. The molecule has 8 heteroatoms. The maximum atomic E-state index is 13.2. The largest absolute Gasteiger partial charge is 1.00 e. The van der Waals surface area contributed by atoms with E-state index in [1.807, 2.05) is 13.0 Å². The Bertz CT molecular complexity index is 947. The van der Waals surface area contributed by atoms with Gasteiger partial charge < -0.3 is 9.84 Å². The molecule has 0 amide bonds. The first kappa shape index (κ1) is 25.3. The Kier molecular flexibility index (Phi) is 9.47. The van der Waals surface area contributed by atoms with E-state index in [2.05, 4.69) is 34.5 Å². The summed E-state index contributed by atoms with van der Waals surface area (Å²) in [6.07, 6.45) is 4.66. The van der Waals surface area contributed by atoms with E-state index in [0.717, 1.165) is 43.5 Å². The molecule has 0 aliphatic rings. The van der Waals surface area contributed by atoms with E-state index in [0.29, 0.717) is 23.5 Å². The number of benzene rings is 2. The van der Waals surface area contributed by atoms with Gasteiger partial charge in [-0.3, -0.25) is 0 Å². The van der Waals surface area contributed by atoms with Crippen LogP contribution in [-0.2, 0) is 11.8 Å². The Morgan fingerprint density at radius 2 is 1.84 bits per heavy atom. The van der Waals surface area contributed by atoms with Crippen molar-refractivity contribution in [3.8, 4) is 22.6 Å². The Morgan fingerprint density at radius 1 is 1.10 bits per heavy atom. The molecule has 0 saturated carbocycles. The van der Waals surface area contributed by atoms with Gasteiger partial charge in [0.05, 0.1) is 6.61 Å². The molecule has 0 spiro atoms. The number of aromatic amines is 1. The van der Waals surface area contributed by atoms with Crippen molar-refractivity contribution in [2.45, 2.75) is 58.3 Å². The number of aromatic nitrogens is 4. The van der Waals surface area contributed by atoms with Crippen molar-refractivity contribution in [1.82, 2.24) is 20.6 Å². The minimum absolute atomic E-state index is 0. The number of H-pyrrole nitrogens is 1. The molecule has 3 aromatic rings. The molecule has 1 aromatic heterocycles. The molecule has 0 aliphatic heterocycles. The SMILES string of the molecule is CCc1cc(-c2ccc(F)cc2)c([O-])cc1OCCCCCC(C)(C)c1nn[nH]n1.[Na+]. The van der Waals surface area contributed by atoms with Crippen LogP contribution in [0.5, 0.6) is 11.5 Å². The molecule has 0 saturated heterocycles. The average molecular weight is 434 g/mol. The van der Waals surface area contributed by atoms with Gasteiger partial charge in [-0.25, -0.2) is 4.39 Å². The molecule has 0 unspecified atom stereocenters. The zero-order valence-corrected chi connectivity index (χ0v) is 20.7. The number of hydrogen-bond donors (Lipinski definition) is 1. The summed E-state index contributed by atoms with van der Waals surface area (Å²) in [5.74, 6) is 0.939. The van der Waals surface area contributed by atoms with Crippen molar-refractivity contribution < 1.29 is 43.8 Å². The molecule has 0 atom stereocenters. The van der Waals surface area contributed by atoms with Gasteiger partial charge in [0, 0.05) is 5.41 Å². The molecule has 1 N–H and O–H groups in total. The van der Waals surface area contributed by atoms with Gasteiger partial charge in [-0.05, 0) is 60.2 Å². The number of nitrogens with zero attached hydrogens (tertiary/aromatic N) is 3. The molecule has 0 aliphatic carbocycles. The Hall–Kier alpha value is -1.96. The van der Waals surface area contributed by atoms with Crippen molar-refractivity contribution in [1.29, 1.82) is 0 Å². The van der Waals surface area contributed by atoms with Gasteiger partial charge >= 0.3 is 29.6 Å². The Morgan fingerprint density at radius 3 is 2.48 bits per heavy atom. The number of unbranched alkanes of at least 4 members (excludes halogenated alkanes) is 2. The standard InChI is InChI=1S/C23H29FN4O2.Na/c1-4-16-14-19(17-8-10-18(24)11-9-17)20(29)15-21(16)30-13-7-5-6-12-23(2,3)22-25-27-28-26-22;/h8-11,14-15,29H,4-7,12-13H2,1-3H3,(H,25,26,27,28);/q;+1/p-1. The zero-order chi connectivity index (χ0) is 21.6. The normalized spacial score (nSPS) is 11.2. The van der Waals surface area contributed by atoms with Gasteiger partial charge in [-0.2, -0.15) is 5.21 Å². The number of tetrazole rings is 1. The van der Waals surface area contributed by atoms with Gasteiger partial charge in [0.25, 0.3) is 0 Å². The summed E-state index contributed by atoms with van der Waals surface area (Å²) in [7, 11) is 0. The third-order valence-corrected chi connectivity index (χ3v) is 5.35. The number of halogens is 1. The van der Waals surface area contributed by atoms with Crippen molar-refractivity contribution in [3.05, 3.63) is 53.6 Å². The number of aryl methyl sites for hydroxylation is 1. The molecule has 0 radical (unpaired) electrons. The van der Waals surface area contributed by atoms with E-state index in [-0.39, 0.29) is 46.5 Å². The van der Waals surface area contributed by atoms with Crippen LogP contribution >= 0.6 is 0 Å². The summed E-state index contributed by atoms with van der Waals surface area (Å²) in [6, 6.07) is 9.40. The molecule has 0 fully saturated rings. The first-order valence-electron chi connectivity index (χ1n) is 10.4. The van der Waals surface area contributed by atoms with E-state index in [1.54, 1.807) is 18.2 Å². The molecule has 3 rings (SSSR count). The fourth-order valence-corrected chi connectivity index (χ4v) is 3.46. The van der Waals surface area contributed by atoms with Crippen molar-refractivity contribution in [2.75, 3.05) is 6.61 Å². The maximum absolute atomic E-state index is 13.2. The van der Waals surface area contributed by atoms with Gasteiger partial charge in [0.15, 0.2) is 5.82 Å². The molecule has 6 nitrogen and oxygen atoms in total. The Labute approximate surface area is 204 Å². The topological polar surface area (TPSA) is 86.8 Å². The quantitative estimate of drug-likeness (QED) is 0.387. The van der Waals surface area contributed by atoms with Crippen LogP contribution < -0.4 is 39.4 Å². The summed E-state index contributed by atoms with van der Waals surface area (Å²) >= 11 is 0. The van der Waals surface area contributed by atoms with Crippen molar-refractivity contribution in [3.63, 3.8) is 0 Å². The molecule has 0 bridgehead atoms. The summed E-state index contributed by atoms with van der Waals surface area (Å²) in [5, 5.41) is 26.9. The number of nitrogens with one attached hydrogen (secondary N) is 1. The number of ether oxygens (including phenoxy) is 1. The summed E-state index contributed by atoms with van der Waals surface area (Å²) in [6.45, 7) is 6.81. The predicted octanol–water partition coefficient (Wildman–Crippen LogP) is 1.56. The van der Waals surface area contributed by atoms with Gasteiger partial charge in [0.1, 0.15) is 11.6 Å². The molecule has 160 valence electrons. The van der Waals surface area contributed by atoms with E-state index >= 15 is 0 Å². The Balaban J connectivity index is 0.00000341. The summed E-state index contributed by atoms with van der Waals surface area (Å²) < 4.78 is 19.1. The van der Waals surface area contributed by atoms with Gasteiger partial charge in [-0.1, -0.05) is 56.7 Å². The second-order valence-electron chi connectivity index (χ2n) is 8.09. The van der Waals surface area contributed by atoms with E-state index in [1.165, 1.54) is 12.1 Å². The van der Waals surface area contributed by atoms with Crippen LogP contribution in [0.1, 0.15) is 57.8 Å². The number of hydrogen-bond acceptors (Lipinski definition) is 5. The van der Waals surface area contributed by atoms with Crippen LogP contribution in [0, 0.1) is 5.82 Å². The number of rotatable bonds is 10. The fourth-order valence-electron chi connectivity index (χ4n) is 3.46. The smallest absolute Gasteiger partial charge is 0.872 e. The zero-order valence-electron chi connectivity index (χ0n) is 18.7. The monoisotopic (exact) mass is 434 g/mol. The first-order valence-corrected chi connectivity index (χ1v) is 10.4. The molecule has 2 aromatic carbocycles. The van der Waals surface area contributed by atoms with E-state index in [4.69, 9.17) is 4.74 Å². The van der Waals surface area contributed by atoms with Crippen LogP contribution in [0.2, 0.25) is 0 Å². The molecule has 1 heterocycles. The molecular formula is C23H28FN4NaO2. The van der Waals surface area contributed by atoms with Crippen LogP contribution in [0.3, 0.4) is 0 Å². The fraction of sp³-hybridized carbons (Fsp3) is 0.435. The minimum Gasteiger partial charge on any atom is -0.872 e. The first-order chi connectivity index (χ1) is 14.4. The van der Waals surface area contributed by atoms with Crippen LogP contribution in [0.4, 0.5) is 4.39 Å². The van der Waals surface area contributed by atoms with Crippen molar-refractivity contribution in [2.24, 2.45) is 0 Å². The molecule has 31 heavy (non-hydrogen) atoms. The average Bonchev–Trinajstić information content (AvgIpc) is 3.27. The summed E-state index contributed by atoms with van der Waals surface area (Å²) in [4.78, 5) is 0. The second kappa shape index (κ2) is 11.6. The predicted molar refractivity (Wildman–Crippen MR) is 112 cm³/mol. The third-order valence-electron chi connectivity index (χ3n) is 5.35. The van der Waals surface area contributed by atoms with Gasteiger partial charge in [0.2, 0.25) is 0 Å². The van der Waals surface area contributed by atoms with Crippen LogP contribution in [0.15, 0.2) is 36.4 Å². The minimum atomic E-state index is -0.317. The van der Waals surface area contributed by atoms with Gasteiger partial charge in [-0.15, -0.1) is 10.2 Å². The van der Waals surface area contributed by atoms with Crippen LogP contribution in [0.25, 0.3) is 11.1 Å². The maximum Gasteiger partial charge on any atom is 1.00 e. The van der Waals surface area contributed by atoms with Crippen LogP contribution in [-0.4, -0.2) is 27.2 Å².